The molecule has 0 bridgehead atoms. The Labute approximate surface area is 121 Å². The molecule has 0 radical (unpaired) electrons. The van der Waals surface area contributed by atoms with Crippen LogP contribution in [0.1, 0.15) is 23.5 Å². The number of rotatable bonds is 8. The van der Waals surface area contributed by atoms with E-state index in [9.17, 15) is 9.59 Å². The van der Waals surface area contributed by atoms with Crippen LogP contribution in [0.3, 0.4) is 0 Å². The minimum Gasteiger partial charge on any atom is -0.481 e. The molecule has 1 aromatic heterocycles. The molecule has 106 valence electrons. The summed E-state index contributed by atoms with van der Waals surface area (Å²) in [5.41, 5.74) is 1.01. The van der Waals surface area contributed by atoms with Crippen molar-refractivity contribution in [2.45, 2.75) is 25.5 Å². The van der Waals surface area contributed by atoms with Crippen molar-refractivity contribution in [3.8, 4) is 0 Å². The highest BCUT2D eigenvalue weighted by atomic mass is 32.2. The summed E-state index contributed by atoms with van der Waals surface area (Å²) in [4.78, 5) is 28.0. The number of aliphatic carboxylic acids is 1. The lowest BCUT2D eigenvalue weighted by Gasteiger charge is -2.16. The molecule has 0 aromatic carbocycles. The number of thiazole rings is 1. The van der Waals surface area contributed by atoms with Gasteiger partial charge in [-0.15, -0.1) is 23.1 Å². The van der Waals surface area contributed by atoms with Gasteiger partial charge in [-0.1, -0.05) is 0 Å². The van der Waals surface area contributed by atoms with Crippen molar-refractivity contribution >= 4 is 35.0 Å². The maximum Gasteiger partial charge on any atom is 0.303 e. The van der Waals surface area contributed by atoms with Gasteiger partial charge in [0.2, 0.25) is 5.91 Å². The van der Waals surface area contributed by atoms with Crippen molar-refractivity contribution < 1.29 is 14.7 Å². The number of aromatic nitrogens is 1. The Balaban J connectivity index is 2.17. The number of carboxylic acid groups (broad SMARTS) is 1. The smallest absolute Gasteiger partial charge is 0.303 e. The first-order chi connectivity index (χ1) is 8.99. The molecule has 19 heavy (non-hydrogen) atoms. The summed E-state index contributed by atoms with van der Waals surface area (Å²) in [6, 6.07) is 0. The molecule has 0 aliphatic heterocycles. The van der Waals surface area contributed by atoms with Crippen LogP contribution >= 0.6 is 23.1 Å². The van der Waals surface area contributed by atoms with Gasteiger partial charge in [-0.3, -0.25) is 9.59 Å². The van der Waals surface area contributed by atoms with Crippen LogP contribution in [0.2, 0.25) is 0 Å². The van der Waals surface area contributed by atoms with Gasteiger partial charge >= 0.3 is 5.97 Å². The van der Waals surface area contributed by atoms with Crippen LogP contribution in [0, 0.1) is 6.92 Å². The Bertz CT molecular complexity index is 434. The molecule has 0 saturated heterocycles. The normalized spacial score (nSPS) is 10.4. The largest absolute Gasteiger partial charge is 0.481 e. The summed E-state index contributed by atoms with van der Waals surface area (Å²) >= 11 is 3.14. The van der Waals surface area contributed by atoms with Gasteiger partial charge in [0.15, 0.2) is 0 Å². The number of carbonyl (C=O) groups is 2. The average molecular weight is 302 g/mol. The summed E-state index contributed by atoms with van der Waals surface area (Å²) in [5.74, 6) is 0.343. The summed E-state index contributed by atoms with van der Waals surface area (Å²) in [6.07, 6.45) is 0.594. The number of carboxylic acids is 1. The lowest BCUT2D eigenvalue weighted by atomic mass is 10.3. The molecular weight excluding hydrogens is 284 g/mol. The highest BCUT2D eigenvalue weighted by Gasteiger charge is 2.09. The molecule has 1 rings (SSSR count). The second-order valence-corrected chi connectivity index (χ2v) is 6.21. The van der Waals surface area contributed by atoms with E-state index >= 15 is 0 Å². The van der Waals surface area contributed by atoms with Crippen LogP contribution in [0.4, 0.5) is 0 Å². The monoisotopic (exact) mass is 302 g/mol. The van der Waals surface area contributed by atoms with E-state index in [2.05, 4.69) is 4.98 Å². The molecular formula is C12H18N2O3S2. The maximum absolute atomic E-state index is 11.8. The summed E-state index contributed by atoms with van der Waals surface area (Å²) in [5, 5.41) is 11.6. The van der Waals surface area contributed by atoms with E-state index in [1.54, 1.807) is 23.3 Å². The van der Waals surface area contributed by atoms with E-state index in [0.29, 0.717) is 18.7 Å². The van der Waals surface area contributed by atoms with Crippen molar-refractivity contribution in [3.63, 3.8) is 0 Å². The molecule has 0 aliphatic rings. The van der Waals surface area contributed by atoms with Crippen molar-refractivity contribution in [3.05, 3.63) is 16.1 Å². The second kappa shape index (κ2) is 8.16. The number of amides is 1. The van der Waals surface area contributed by atoms with E-state index in [1.165, 1.54) is 11.8 Å². The van der Waals surface area contributed by atoms with Gasteiger partial charge in [-0.25, -0.2) is 4.98 Å². The zero-order chi connectivity index (χ0) is 14.3. The molecule has 1 N–H and O–H groups in total. The van der Waals surface area contributed by atoms with Crippen molar-refractivity contribution in [1.82, 2.24) is 9.88 Å². The summed E-state index contributed by atoms with van der Waals surface area (Å²) < 4.78 is 0. The second-order valence-electron chi connectivity index (χ2n) is 4.16. The van der Waals surface area contributed by atoms with Crippen LogP contribution in [0.25, 0.3) is 0 Å². The first kappa shape index (κ1) is 16.0. The number of carbonyl (C=O) groups excluding carboxylic acids is 1. The minimum atomic E-state index is -0.825. The Morgan fingerprint density at radius 2 is 2.26 bits per heavy atom. The average Bonchev–Trinajstić information content (AvgIpc) is 2.74. The highest BCUT2D eigenvalue weighted by Crippen LogP contribution is 2.15. The van der Waals surface area contributed by atoms with E-state index in [1.807, 2.05) is 12.3 Å². The van der Waals surface area contributed by atoms with Crippen LogP contribution in [-0.2, 0) is 15.3 Å². The lowest BCUT2D eigenvalue weighted by Crippen LogP contribution is -2.29. The fraction of sp³-hybridized carbons (Fsp3) is 0.583. The minimum absolute atomic E-state index is 0.0299. The Hall–Kier alpha value is -1.08. The van der Waals surface area contributed by atoms with Gasteiger partial charge < -0.3 is 10.0 Å². The fourth-order valence-electron chi connectivity index (χ4n) is 1.42. The third-order valence-corrected chi connectivity index (χ3v) is 4.23. The zero-order valence-corrected chi connectivity index (χ0v) is 12.7. The fourth-order valence-corrected chi connectivity index (χ4v) is 2.99. The van der Waals surface area contributed by atoms with E-state index in [4.69, 9.17) is 5.11 Å². The van der Waals surface area contributed by atoms with Crippen molar-refractivity contribution in [2.24, 2.45) is 0 Å². The van der Waals surface area contributed by atoms with Gasteiger partial charge in [0.1, 0.15) is 0 Å². The molecule has 1 amide bonds. The van der Waals surface area contributed by atoms with Crippen LogP contribution in [-0.4, -0.2) is 46.2 Å². The Kier molecular flexibility index (Phi) is 6.86. The quantitative estimate of drug-likeness (QED) is 0.795. The van der Waals surface area contributed by atoms with Gasteiger partial charge in [0.25, 0.3) is 0 Å². The third-order valence-electron chi connectivity index (χ3n) is 2.45. The number of nitrogens with zero attached hydrogens (tertiary/aromatic N) is 2. The maximum atomic E-state index is 11.8. The molecule has 0 spiro atoms. The third kappa shape index (κ3) is 6.58. The van der Waals surface area contributed by atoms with E-state index in [0.717, 1.165) is 16.5 Å². The standard InChI is InChI=1S/C12H18N2O3S2/c1-9-13-10(7-19-9)6-18-8-11(15)14(2)5-3-4-12(16)17/h7H,3-6,8H2,1-2H3,(H,16,17). The molecule has 1 aromatic rings. The van der Waals surface area contributed by atoms with Gasteiger partial charge in [0.05, 0.1) is 16.5 Å². The molecule has 5 nitrogen and oxygen atoms in total. The van der Waals surface area contributed by atoms with Gasteiger partial charge in [0, 0.05) is 31.1 Å². The Morgan fingerprint density at radius 3 is 2.84 bits per heavy atom. The number of thioether (sulfide) groups is 1. The van der Waals surface area contributed by atoms with Crippen LogP contribution < -0.4 is 0 Å². The molecule has 0 aliphatic carbocycles. The topological polar surface area (TPSA) is 70.5 Å². The molecule has 0 atom stereocenters. The predicted octanol–water partition coefficient (Wildman–Crippen LogP) is 2.01. The molecule has 0 saturated carbocycles. The number of aryl methyl sites for hydroxylation is 1. The van der Waals surface area contributed by atoms with E-state index in [-0.39, 0.29) is 12.3 Å². The SMILES string of the molecule is Cc1nc(CSCC(=O)N(C)CCCC(=O)O)cs1. The summed E-state index contributed by atoms with van der Waals surface area (Å²) in [6.45, 7) is 2.45. The van der Waals surface area contributed by atoms with Gasteiger partial charge in [-0.2, -0.15) is 0 Å². The molecule has 7 heteroatoms. The lowest BCUT2D eigenvalue weighted by molar-refractivity contribution is -0.137. The van der Waals surface area contributed by atoms with Crippen LogP contribution in [0.5, 0.6) is 0 Å². The molecule has 0 fully saturated rings. The first-order valence-corrected chi connectivity index (χ1v) is 7.97. The first-order valence-electron chi connectivity index (χ1n) is 5.93. The highest BCUT2D eigenvalue weighted by molar-refractivity contribution is 7.99. The number of hydrogen-bond acceptors (Lipinski definition) is 5. The van der Waals surface area contributed by atoms with Crippen molar-refractivity contribution in [2.75, 3.05) is 19.3 Å². The zero-order valence-electron chi connectivity index (χ0n) is 11.1. The van der Waals surface area contributed by atoms with E-state index < -0.39 is 5.97 Å². The Morgan fingerprint density at radius 1 is 1.53 bits per heavy atom. The molecule has 0 unspecified atom stereocenters. The predicted molar refractivity (Wildman–Crippen MR) is 77.5 cm³/mol. The van der Waals surface area contributed by atoms with Crippen molar-refractivity contribution in [1.29, 1.82) is 0 Å². The number of hydrogen-bond donors (Lipinski definition) is 1. The van der Waals surface area contributed by atoms with Crippen LogP contribution in [0.15, 0.2) is 5.38 Å². The molecule has 1 heterocycles. The summed E-state index contributed by atoms with van der Waals surface area (Å²) in [7, 11) is 1.71. The van der Waals surface area contributed by atoms with Gasteiger partial charge in [-0.05, 0) is 13.3 Å².